The van der Waals surface area contributed by atoms with Gasteiger partial charge in [-0.15, -0.1) is 0 Å². The number of urea groups is 1. The van der Waals surface area contributed by atoms with Gasteiger partial charge in [0.05, 0.1) is 0 Å². The maximum Gasteiger partial charge on any atom is 0.321 e. The lowest BCUT2D eigenvalue weighted by atomic mass is 10.2. The Labute approximate surface area is 97.5 Å². The van der Waals surface area contributed by atoms with Crippen molar-refractivity contribution in [2.45, 2.75) is 27.2 Å². The summed E-state index contributed by atoms with van der Waals surface area (Å²) in [5, 5.41) is 2.89. The van der Waals surface area contributed by atoms with Crippen molar-refractivity contribution in [2.24, 2.45) is 0 Å². The van der Waals surface area contributed by atoms with Crippen LogP contribution in [0.2, 0.25) is 0 Å². The van der Waals surface area contributed by atoms with Gasteiger partial charge in [0.15, 0.2) is 0 Å². The molecule has 16 heavy (non-hydrogen) atoms. The lowest BCUT2D eigenvalue weighted by Gasteiger charge is -2.20. The van der Waals surface area contributed by atoms with Crippen LogP contribution >= 0.6 is 0 Å². The number of aryl methyl sites for hydroxylation is 1. The predicted molar refractivity (Wildman–Crippen MR) is 67.7 cm³/mol. The van der Waals surface area contributed by atoms with Crippen LogP contribution in [0.1, 0.15) is 25.8 Å². The third-order valence-corrected chi connectivity index (χ3v) is 2.47. The van der Waals surface area contributed by atoms with E-state index in [0.29, 0.717) is 0 Å². The molecule has 0 fully saturated rings. The van der Waals surface area contributed by atoms with Crippen LogP contribution in [0.3, 0.4) is 0 Å². The zero-order valence-electron chi connectivity index (χ0n) is 10.3. The molecule has 2 amide bonds. The van der Waals surface area contributed by atoms with E-state index in [2.05, 4.69) is 12.2 Å². The Morgan fingerprint density at radius 3 is 2.38 bits per heavy atom. The minimum atomic E-state index is -0.0202. The highest BCUT2D eigenvalue weighted by atomic mass is 16.2. The molecule has 0 heterocycles. The molecule has 0 spiro atoms. The van der Waals surface area contributed by atoms with Crippen LogP contribution in [0, 0.1) is 6.92 Å². The van der Waals surface area contributed by atoms with Crippen LogP contribution in [0.15, 0.2) is 24.3 Å². The molecule has 0 atom stereocenters. The third kappa shape index (κ3) is 3.57. The van der Waals surface area contributed by atoms with Gasteiger partial charge in [-0.25, -0.2) is 4.79 Å². The van der Waals surface area contributed by atoms with Gasteiger partial charge >= 0.3 is 6.03 Å². The molecule has 0 aliphatic heterocycles. The van der Waals surface area contributed by atoms with Crippen molar-refractivity contribution in [1.82, 2.24) is 4.90 Å². The Hall–Kier alpha value is -1.51. The topological polar surface area (TPSA) is 32.3 Å². The van der Waals surface area contributed by atoms with Gasteiger partial charge in [0.1, 0.15) is 0 Å². The second kappa shape index (κ2) is 6.16. The van der Waals surface area contributed by atoms with Gasteiger partial charge in [0.2, 0.25) is 0 Å². The SMILES string of the molecule is CCCN(CC)C(=O)Nc1ccc(C)cc1. The molecule has 0 aromatic heterocycles. The van der Waals surface area contributed by atoms with E-state index in [1.54, 1.807) is 4.90 Å². The van der Waals surface area contributed by atoms with Gasteiger partial charge in [-0.05, 0) is 32.4 Å². The number of hydrogen-bond donors (Lipinski definition) is 1. The van der Waals surface area contributed by atoms with Crippen molar-refractivity contribution in [3.8, 4) is 0 Å². The average Bonchev–Trinajstić information content (AvgIpc) is 2.29. The quantitative estimate of drug-likeness (QED) is 0.830. The van der Waals surface area contributed by atoms with Gasteiger partial charge in [-0.1, -0.05) is 24.6 Å². The average molecular weight is 220 g/mol. The van der Waals surface area contributed by atoms with Crippen molar-refractivity contribution in [3.63, 3.8) is 0 Å². The molecule has 3 nitrogen and oxygen atoms in total. The van der Waals surface area contributed by atoms with Crippen molar-refractivity contribution in [2.75, 3.05) is 18.4 Å². The molecule has 0 bridgehead atoms. The van der Waals surface area contributed by atoms with Crippen LogP contribution in [0.5, 0.6) is 0 Å². The molecule has 0 unspecified atom stereocenters. The summed E-state index contributed by atoms with van der Waals surface area (Å²) in [5.74, 6) is 0. The number of amides is 2. The summed E-state index contributed by atoms with van der Waals surface area (Å²) in [4.78, 5) is 13.6. The second-order valence-corrected chi connectivity index (χ2v) is 3.88. The van der Waals surface area contributed by atoms with Crippen LogP contribution < -0.4 is 5.32 Å². The van der Waals surface area contributed by atoms with Crippen molar-refractivity contribution in [1.29, 1.82) is 0 Å². The molecule has 3 heteroatoms. The Morgan fingerprint density at radius 1 is 1.25 bits per heavy atom. The molecule has 0 aliphatic rings. The smallest absolute Gasteiger partial charge is 0.321 e. The zero-order valence-corrected chi connectivity index (χ0v) is 10.3. The predicted octanol–water partition coefficient (Wildman–Crippen LogP) is 3.26. The molecule has 88 valence electrons. The van der Waals surface area contributed by atoms with Crippen molar-refractivity contribution < 1.29 is 4.79 Å². The van der Waals surface area contributed by atoms with E-state index in [4.69, 9.17) is 0 Å². The van der Waals surface area contributed by atoms with E-state index < -0.39 is 0 Å². The van der Waals surface area contributed by atoms with Gasteiger partial charge in [0.25, 0.3) is 0 Å². The number of carbonyl (C=O) groups excluding carboxylic acids is 1. The first kappa shape index (κ1) is 12.6. The Morgan fingerprint density at radius 2 is 1.88 bits per heavy atom. The maximum absolute atomic E-state index is 11.8. The fourth-order valence-corrected chi connectivity index (χ4v) is 1.51. The molecule has 1 rings (SSSR count). The molecular weight excluding hydrogens is 200 g/mol. The highest BCUT2D eigenvalue weighted by Gasteiger charge is 2.09. The molecule has 0 saturated carbocycles. The summed E-state index contributed by atoms with van der Waals surface area (Å²) >= 11 is 0. The molecule has 1 N–H and O–H groups in total. The first-order valence-corrected chi connectivity index (χ1v) is 5.80. The standard InChI is InChI=1S/C13H20N2O/c1-4-10-15(5-2)13(16)14-12-8-6-11(3)7-9-12/h6-9H,4-5,10H2,1-3H3,(H,14,16). The lowest BCUT2D eigenvalue weighted by Crippen LogP contribution is -2.35. The normalized spacial score (nSPS) is 9.94. The van der Waals surface area contributed by atoms with Gasteiger partial charge < -0.3 is 10.2 Å². The Balaban J connectivity index is 2.59. The van der Waals surface area contributed by atoms with E-state index in [-0.39, 0.29) is 6.03 Å². The summed E-state index contributed by atoms with van der Waals surface area (Å²) in [6, 6.07) is 7.81. The molecule has 0 radical (unpaired) electrons. The summed E-state index contributed by atoms with van der Waals surface area (Å²) in [6.07, 6.45) is 0.981. The first-order valence-electron chi connectivity index (χ1n) is 5.80. The van der Waals surface area contributed by atoms with Crippen LogP contribution in [0.25, 0.3) is 0 Å². The summed E-state index contributed by atoms with van der Waals surface area (Å²) in [7, 11) is 0. The number of benzene rings is 1. The molecule has 1 aromatic carbocycles. The van der Waals surface area contributed by atoms with E-state index in [1.807, 2.05) is 38.1 Å². The summed E-state index contributed by atoms with van der Waals surface area (Å²) < 4.78 is 0. The molecule has 0 aliphatic carbocycles. The number of nitrogens with one attached hydrogen (secondary N) is 1. The van der Waals surface area contributed by atoms with E-state index in [0.717, 1.165) is 25.2 Å². The van der Waals surface area contributed by atoms with Crippen LogP contribution in [0.4, 0.5) is 10.5 Å². The summed E-state index contributed by atoms with van der Waals surface area (Å²) in [6.45, 7) is 7.63. The number of hydrogen-bond acceptors (Lipinski definition) is 1. The number of rotatable bonds is 4. The first-order chi connectivity index (χ1) is 7.67. The highest BCUT2D eigenvalue weighted by molar-refractivity contribution is 5.89. The number of anilines is 1. The van der Waals surface area contributed by atoms with Crippen molar-refractivity contribution >= 4 is 11.7 Å². The van der Waals surface area contributed by atoms with Crippen LogP contribution in [-0.4, -0.2) is 24.0 Å². The minimum absolute atomic E-state index is 0.0202. The monoisotopic (exact) mass is 220 g/mol. The molecule has 0 saturated heterocycles. The van der Waals surface area contributed by atoms with Crippen LogP contribution in [-0.2, 0) is 0 Å². The van der Waals surface area contributed by atoms with Gasteiger partial charge in [0, 0.05) is 18.8 Å². The number of carbonyl (C=O) groups is 1. The van der Waals surface area contributed by atoms with Crippen molar-refractivity contribution in [3.05, 3.63) is 29.8 Å². The zero-order chi connectivity index (χ0) is 12.0. The van der Waals surface area contributed by atoms with Gasteiger partial charge in [-0.2, -0.15) is 0 Å². The maximum atomic E-state index is 11.8. The molecule has 1 aromatic rings. The third-order valence-electron chi connectivity index (χ3n) is 2.47. The van der Waals surface area contributed by atoms with E-state index >= 15 is 0 Å². The largest absolute Gasteiger partial charge is 0.325 e. The van der Waals surface area contributed by atoms with Gasteiger partial charge in [-0.3, -0.25) is 0 Å². The minimum Gasteiger partial charge on any atom is -0.325 e. The fraction of sp³-hybridized carbons (Fsp3) is 0.462. The highest BCUT2D eigenvalue weighted by Crippen LogP contribution is 2.09. The fourth-order valence-electron chi connectivity index (χ4n) is 1.51. The van der Waals surface area contributed by atoms with E-state index in [9.17, 15) is 4.79 Å². The molecular formula is C13H20N2O. The Bertz CT molecular complexity index is 332. The van der Waals surface area contributed by atoms with E-state index in [1.165, 1.54) is 5.56 Å². The second-order valence-electron chi connectivity index (χ2n) is 3.88. The Kier molecular flexibility index (Phi) is 4.83. The lowest BCUT2D eigenvalue weighted by molar-refractivity contribution is 0.214. The number of nitrogens with zero attached hydrogens (tertiary/aromatic N) is 1. The summed E-state index contributed by atoms with van der Waals surface area (Å²) in [5.41, 5.74) is 2.05.